The van der Waals surface area contributed by atoms with E-state index in [-0.39, 0.29) is 0 Å². The maximum atomic E-state index is 5.42. The normalized spacial score (nSPS) is 14.9. The molecule has 2 rings (SSSR count). The first kappa shape index (κ1) is 11.9. The van der Waals surface area contributed by atoms with Gasteiger partial charge in [-0.3, -0.25) is 0 Å². The van der Waals surface area contributed by atoms with Crippen LogP contribution in [0.2, 0.25) is 0 Å². The van der Waals surface area contributed by atoms with Crippen LogP contribution >= 0.6 is 0 Å². The minimum absolute atomic E-state index is 0.701. The summed E-state index contributed by atoms with van der Waals surface area (Å²) < 4.78 is 16.0. The van der Waals surface area contributed by atoms with E-state index < -0.39 is 0 Å². The summed E-state index contributed by atoms with van der Waals surface area (Å²) in [7, 11) is 4.96. The van der Waals surface area contributed by atoms with Crippen LogP contribution in [0.4, 0.5) is 5.69 Å². The highest BCUT2D eigenvalue weighted by Crippen LogP contribution is 2.40. The summed E-state index contributed by atoms with van der Waals surface area (Å²) in [6.07, 6.45) is 2.47. The van der Waals surface area contributed by atoms with E-state index in [2.05, 4.69) is 4.90 Å². The van der Waals surface area contributed by atoms with Gasteiger partial charge in [-0.2, -0.15) is 0 Å². The molecule has 17 heavy (non-hydrogen) atoms. The Morgan fingerprint density at radius 1 is 0.824 bits per heavy atom. The summed E-state index contributed by atoms with van der Waals surface area (Å²) in [5.41, 5.74) is 1.09. The van der Waals surface area contributed by atoms with E-state index in [1.807, 2.05) is 12.1 Å². The maximum Gasteiger partial charge on any atom is 0.164 e. The second kappa shape index (κ2) is 5.17. The Bertz CT molecular complexity index is 386. The van der Waals surface area contributed by atoms with Crippen molar-refractivity contribution in [1.29, 1.82) is 0 Å². The van der Waals surface area contributed by atoms with E-state index in [4.69, 9.17) is 14.2 Å². The van der Waals surface area contributed by atoms with Gasteiger partial charge in [0.25, 0.3) is 0 Å². The Morgan fingerprint density at radius 3 is 1.88 bits per heavy atom. The van der Waals surface area contributed by atoms with Crippen LogP contribution in [0.15, 0.2) is 12.1 Å². The van der Waals surface area contributed by atoms with Crippen LogP contribution in [0.3, 0.4) is 0 Å². The van der Waals surface area contributed by atoms with Crippen LogP contribution in [-0.2, 0) is 0 Å². The average molecular weight is 237 g/mol. The lowest BCUT2D eigenvalue weighted by Gasteiger charge is -2.22. The zero-order valence-electron chi connectivity index (χ0n) is 10.7. The summed E-state index contributed by atoms with van der Waals surface area (Å²) in [4.78, 5) is 2.32. The zero-order chi connectivity index (χ0) is 12.3. The van der Waals surface area contributed by atoms with Crippen molar-refractivity contribution in [2.45, 2.75) is 12.8 Å². The second-order valence-corrected chi connectivity index (χ2v) is 4.07. The van der Waals surface area contributed by atoms with Crippen molar-refractivity contribution >= 4 is 5.69 Å². The molecule has 1 aromatic rings. The van der Waals surface area contributed by atoms with Crippen molar-refractivity contribution in [2.75, 3.05) is 39.3 Å². The van der Waals surface area contributed by atoms with E-state index in [1.54, 1.807) is 21.3 Å². The van der Waals surface area contributed by atoms with Gasteiger partial charge in [0.1, 0.15) is 5.75 Å². The molecular weight excluding hydrogens is 218 g/mol. The lowest BCUT2D eigenvalue weighted by atomic mass is 10.2. The third-order valence-corrected chi connectivity index (χ3v) is 3.13. The predicted octanol–water partition coefficient (Wildman–Crippen LogP) is 2.31. The highest BCUT2D eigenvalue weighted by Gasteiger charge is 2.19. The summed E-state index contributed by atoms with van der Waals surface area (Å²) >= 11 is 0. The molecule has 1 aliphatic rings. The summed E-state index contributed by atoms with van der Waals surface area (Å²) in [6, 6.07) is 3.87. The summed E-state index contributed by atoms with van der Waals surface area (Å²) in [5.74, 6) is 2.28. The highest BCUT2D eigenvalue weighted by atomic mass is 16.5. The van der Waals surface area contributed by atoms with Gasteiger partial charge in [-0.05, 0) is 12.8 Å². The molecule has 0 amide bonds. The van der Waals surface area contributed by atoms with Crippen molar-refractivity contribution in [3.05, 3.63) is 12.1 Å². The van der Waals surface area contributed by atoms with Gasteiger partial charge in [-0.1, -0.05) is 0 Å². The van der Waals surface area contributed by atoms with E-state index in [9.17, 15) is 0 Å². The lowest BCUT2D eigenvalue weighted by Crippen LogP contribution is -2.18. The predicted molar refractivity (Wildman–Crippen MR) is 67.5 cm³/mol. The highest BCUT2D eigenvalue weighted by molar-refractivity contribution is 5.66. The first-order valence-corrected chi connectivity index (χ1v) is 5.85. The van der Waals surface area contributed by atoms with Crippen LogP contribution < -0.4 is 19.1 Å². The fraction of sp³-hybridized carbons (Fsp3) is 0.538. The van der Waals surface area contributed by atoms with Gasteiger partial charge in [-0.15, -0.1) is 0 Å². The van der Waals surface area contributed by atoms with E-state index in [0.29, 0.717) is 5.75 Å². The number of methoxy groups -OCH3 is 3. The van der Waals surface area contributed by atoms with Crippen LogP contribution in [-0.4, -0.2) is 34.4 Å². The first-order chi connectivity index (χ1) is 8.30. The van der Waals surface area contributed by atoms with Gasteiger partial charge in [0.05, 0.1) is 27.0 Å². The Hall–Kier alpha value is -1.58. The van der Waals surface area contributed by atoms with Crippen LogP contribution in [0.5, 0.6) is 17.2 Å². The average Bonchev–Trinajstić information content (AvgIpc) is 2.90. The van der Waals surface area contributed by atoms with E-state index in [0.717, 1.165) is 30.3 Å². The molecule has 1 saturated heterocycles. The summed E-state index contributed by atoms with van der Waals surface area (Å²) in [5, 5.41) is 0. The molecule has 1 aromatic carbocycles. The molecule has 4 nitrogen and oxygen atoms in total. The summed E-state index contributed by atoms with van der Waals surface area (Å²) in [6.45, 7) is 2.15. The minimum atomic E-state index is 0.701. The first-order valence-electron chi connectivity index (χ1n) is 5.85. The number of ether oxygens (including phenoxy) is 3. The smallest absolute Gasteiger partial charge is 0.164 e. The molecule has 0 bridgehead atoms. The molecule has 0 N–H and O–H groups in total. The fourth-order valence-corrected chi connectivity index (χ4v) is 2.22. The molecule has 4 heteroatoms. The molecule has 0 aromatic heterocycles. The topological polar surface area (TPSA) is 30.9 Å². The number of hydrogen-bond donors (Lipinski definition) is 0. The van der Waals surface area contributed by atoms with E-state index in [1.165, 1.54) is 12.8 Å². The molecule has 0 radical (unpaired) electrons. The number of hydrogen-bond acceptors (Lipinski definition) is 4. The number of rotatable bonds is 4. The molecule has 94 valence electrons. The van der Waals surface area contributed by atoms with Crippen LogP contribution in [0, 0.1) is 0 Å². The van der Waals surface area contributed by atoms with Crippen molar-refractivity contribution in [3.8, 4) is 17.2 Å². The standard InChI is InChI=1S/C13H19NO3/c1-15-11-9-13(17-3)12(16-2)8-10(11)14-6-4-5-7-14/h8-9H,4-7H2,1-3H3. The number of anilines is 1. The van der Waals surface area contributed by atoms with Crippen LogP contribution in [0.25, 0.3) is 0 Å². The Kier molecular flexibility index (Phi) is 3.61. The van der Waals surface area contributed by atoms with Gasteiger partial charge in [0, 0.05) is 25.2 Å². The third kappa shape index (κ3) is 2.25. The van der Waals surface area contributed by atoms with Gasteiger partial charge in [-0.25, -0.2) is 0 Å². The number of nitrogens with zero attached hydrogens (tertiary/aromatic N) is 1. The molecule has 0 aliphatic carbocycles. The Balaban J connectivity index is 2.41. The molecule has 0 unspecified atom stereocenters. The molecule has 0 saturated carbocycles. The van der Waals surface area contributed by atoms with Crippen LogP contribution in [0.1, 0.15) is 12.8 Å². The lowest BCUT2D eigenvalue weighted by molar-refractivity contribution is 0.349. The quantitative estimate of drug-likeness (QED) is 0.804. The fourth-order valence-electron chi connectivity index (χ4n) is 2.22. The molecule has 1 aliphatic heterocycles. The molecular formula is C13H19NO3. The van der Waals surface area contributed by atoms with Crippen molar-refractivity contribution in [3.63, 3.8) is 0 Å². The molecule has 0 atom stereocenters. The van der Waals surface area contributed by atoms with Gasteiger partial charge in [0.15, 0.2) is 11.5 Å². The molecule has 1 fully saturated rings. The second-order valence-electron chi connectivity index (χ2n) is 4.07. The monoisotopic (exact) mass is 237 g/mol. The van der Waals surface area contributed by atoms with Crippen molar-refractivity contribution < 1.29 is 14.2 Å². The largest absolute Gasteiger partial charge is 0.494 e. The zero-order valence-corrected chi connectivity index (χ0v) is 10.7. The number of benzene rings is 1. The third-order valence-electron chi connectivity index (χ3n) is 3.13. The van der Waals surface area contributed by atoms with Crippen molar-refractivity contribution in [2.24, 2.45) is 0 Å². The van der Waals surface area contributed by atoms with Gasteiger partial charge >= 0.3 is 0 Å². The Morgan fingerprint density at radius 2 is 1.35 bits per heavy atom. The van der Waals surface area contributed by atoms with Gasteiger partial charge in [0.2, 0.25) is 0 Å². The van der Waals surface area contributed by atoms with Crippen molar-refractivity contribution in [1.82, 2.24) is 0 Å². The Labute approximate surface area is 102 Å². The maximum absolute atomic E-state index is 5.42. The molecule has 1 heterocycles. The molecule has 0 spiro atoms. The SMILES string of the molecule is COc1cc(OC)c(N2CCCC2)cc1OC. The van der Waals surface area contributed by atoms with Gasteiger partial charge < -0.3 is 19.1 Å². The van der Waals surface area contributed by atoms with E-state index >= 15 is 0 Å². The minimum Gasteiger partial charge on any atom is -0.494 e.